The van der Waals surface area contributed by atoms with Gasteiger partial charge in [-0.25, -0.2) is 0 Å². The first-order chi connectivity index (χ1) is 8.45. The van der Waals surface area contributed by atoms with E-state index in [1.165, 1.54) is 63.5 Å². The van der Waals surface area contributed by atoms with Crippen LogP contribution in [-0.2, 0) is 0 Å². The third kappa shape index (κ3) is 3.50. The van der Waals surface area contributed by atoms with Gasteiger partial charge in [0, 0.05) is 11.9 Å². The molecule has 0 spiro atoms. The van der Waals surface area contributed by atoms with Gasteiger partial charge < -0.3 is 4.90 Å². The second-order valence-electron chi connectivity index (χ2n) is 7.76. The van der Waals surface area contributed by atoms with Crippen molar-refractivity contribution in [1.29, 1.82) is 0 Å². The molecular weight excluding hydrogens is 286 g/mol. The molecule has 1 saturated carbocycles. The van der Waals surface area contributed by atoms with Crippen molar-refractivity contribution in [1.82, 2.24) is 4.90 Å². The maximum Gasteiger partial charge on any atom is 0.0100 e. The van der Waals surface area contributed by atoms with Crippen molar-refractivity contribution in [3.8, 4) is 0 Å². The molecule has 0 atom stereocenters. The van der Waals surface area contributed by atoms with Gasteiger partial charge in [0.15, 0.2) is 0 Å². The van der Waals surface area contributed by atoms with Gasteiger partial charge in [-0.1, -0.05) is 49.5 Å². The van der Waals surface area contributed by atoms with Gasteiger partial charge >= 0.3 is 0 Å². The van der Waals surface area contributed by atoms with Gasteiger partial charge in [-0.15, -0.1) is 0 Å². The van der Waals surface area contributed by atoms with Gasteiger partial charge in [0.25, 0.3) is 0 Å². The summed E-state index contributed by atoms with van der Waals surface area (Å²) in [5, 5.41) is 1.21. The van der Waals surface area contributed by atoms with Gasteiger partial charge in [0.1, 0.15) is 0 Å². The molecule has 0 unspecified atom stereocenters. The zero-order valence-electron chi connectivity index (χ0n) is 12.5. The minimum absolute atomic E-state index is 0.507. The van der Waals surface area contributed by atoms with Crippen LogP contribution in [0.1, 0.15) is 59.3 Å². The van der Waals surface area contributed by atoms with Crippen molar-refractivity contribution in [3.05, 3.63) is 0 Å². The first kappa shape index (κ1) is 14.8. The summed E-state index contributed by atoms with van der Waals surface area (Å²) < 4.78 is 0. The quantitative estimate of drug-likeness (QED) is 0.682. The molecule has 0 aromatic carbocycles. The van der Waals surface area contributed by atoms with E-state index < -0.39 is 0 Å². The number of likely N-dealkylation sites (tertiary alicyclic amines) is 1. The van der Waals surface area contributed by atoms with Gasteiger partial charge in [-0.3, -0.25) is 0 Å². The highest BCUT2D eigenvalue weighted by atomic mass is 79.9. The Kier molecular flexibility index (Phi) is 4.80. The summed E-state index contributed by atoms with van der Waals surface area (Å²) in [7, 11) is 0. The largest absolute Gasteiger partial charge is 0.303 e. The van der Waals surface area contributed by atoms with Crippen LogP contribution < -0.4 is 0 Å². The molecule has 1 saturated heterocycles. The molecule has 2 heteroatoms. The lowest BCUT2D eigenvalue weighted by molar-refractivity contribution is 0.0829. The molecule has 0 bridgehead atoms. The smallest absolute Gasteiger partial charge is 0.0100 e. The molecule has 0 radical (unpaired) electrons. The fourth-order valence-electron chi connectivity index (χ4n) is 3.89. The fraction of sp³-hybridized carbons (Fsp3) is 1.00. The molecule has 2 aliphatic rings. The molecule has 0 N–H and O–H groups in total. The van der Waals surface area contributed by atoms with E-state index in [9.17, 15) is 0 Å². The van der Waals surface area contributed by atoms with E-state index in [-0.39, 0.29) is 0 Å². The number of hydrogen-bond donors (Lipinski definition) is 0. The highest BCUT2D eigenvalue weighted by molar-refractivity contribution is 9.09. The van der Waals surface area contributed by atoms with Crippen LogP contribution in [0.5, 0.6) is 0 Å². The summed E-state index contributed by atoms with van der Waals surface area (Å²) in [6, 6.07) is 0. The summed E-state index contributed by atoms with van der Waals surface area (Å²) in [4.78, 5) is 2.74. The predicted octanol–water partition coefficient (Wildman–Crippen LogP) is 4.70. The van der Waals surface area contributed by atoms with Crippen LogP contribution >= 0.6 is 15.9 Å². The lowest BCUT2D eigenvalue weighted by Gasteiger charge is -2.42. The third-order valence-corrected chi connectivity index (χ3v) is 6.51. The van der Waals surface area contributed by atoms with E-state index in [1.807, 2.05) is 0 Å². The molecule has 0 aromatic rings. The molecule has 1 nitrogen and oxygen atoms in total. The first-order valence-electron chi connectivity index (χ1n) is 7.74. The van der Waals surface area contributed by atoms with Gasteiger partial charge in [0.2, 0.25) is 0 Å². The van der Waals surface area contributed by atoms with E-state index in [4.69, 9.17) is 0 Å². The highest BCUT2D eigenvalue weighted by Gasteiger charge is 2.36. The van der Waals surface area contributed by atoms with Crippen LogP contribution in [0.3, 0.4) is 0 Å². The monoisotopic (exact) mass is 315 g/mol. The predicted molar refractivity (Wildman–Crippen MR) is 83.3 cm³/mol. The Balaban J connectivity index is 1.83. The summed E-state index contributed by atoms with van der Waals surface area (Å²) in [6.45, 7) is 11.2. The van der Waals surface area contributed by atoms with Crippen LogP contribution in [0, 0.1) is 16.7 Å². The van der Waals surface area contributed by atoms with Gasteiger partial charge in [0.05, 0.1) is 0 Å². The minimum Gasteiger partial charge on any atom is -0.303 e. The lowest BCUT2D eigenvalue weighted by Crippen LogP contribution is -2.43. The normalized spacial score (nSPS) is 26.7. The van der Waals surface area contributed by atoms with E-state index in [0.717, 1.165) is 5.92 Å². The van der Waals surface area contributed by atoms with Crippen molar-refractivity contribution >= 4 is 15.9 Å². The lowest BCUT2D eigenvalue weighted by atomic mass is 9.75. The summed E-state index contributed by atoms with van der Waals surface area (Å²) >= 11 is 3.78. The molecule has 18 heavy (non-hydrogen) atoms. The minimum atomic E-state index is 0.507. The Bertz CT molecular complexity index is 255. The van der Waals surface area contributed by atoms with Crippen LogP contribution in [0.4, 0.5) is 0 Å². The maximum atomic E-state index is 3.78. The Morgan fingerprint density at radius 2 is 1.67 bits per heavy atom. The SMILES string of the molecule is CC(C)(C)C1CCN(CC2(CBr)CCCC2)CC1. The molecule has 1 aliphatic heterocycles. The van der Waals surface area contributed by atoms with Crippen LogP contribution in [0.2, 0.25) is 0 Å². The van der Waals surface area contributed by atoms with Crippen molar-refractivity contribution in [2.45, 2.75) is 59.3 Å². The number of rotatable bonds is 3. The second kappa shape index (κ2) is 5.83. The standard InChI is InChI=1S/C16H30BrN/c1-15(2,3)14-6-10-18(11-7-14)13-16(12-17)8-4-5-9-16/h14H,4-13H2,1-3H3. The van der Waals surface area contributed by atoms with Crippen molar-refractivity contribution in [2.24, 2.45) is 16.7 Å². The average molecular weight is 316 g/mol. The summed E-state index contributed by atoms with van der Waals surface area (Å²) in [6.07, 6.45) is 8.59. The Morgan fingerprint density at radius 1 is 1.11 bits per heavy atom. The molecule has 106 valence electrons. The number of piperidine rings is 1. The molecule has 0 amide bonds. The molecule has 2 fully saturated rings. The van der Waals surface area contributed by atoms with E-state index in [1.54, 1.807) is 0 Å². The summed E-state index contributed by atoms with van der Waals surface area (Å²) in [5.41, 5.74) is 1.11. The molecule has 2 rings (SSSR count). The zero-order valence-corrected chi connectivity index (χ0v) is 14.1. The van der Waals surface area contributed by atoms with Crippen LogP contribution in [0.25, 0.3) is 0 Å². The van der Waals surface area contributed by atoms with E-state index in [0.29, 0.717) is 10.8 Å². The van der Waals surface area contributed by atoms with Gasteiger partial charge in [-0.2, -0.15) is 0 Å². The molecule has 1 heterocycles. The van der Waals surface area contributed by atoms with Gasteiger partial charge in [-0.05, 0) is 55.5 Å². The summed E-state index contributed by atoms with van der Waals surface area (Å²) in [5.74, 6) is 0.928. The molecular formula is C16H30BrN. The topological polar surface area (TPSA) is 3.24 Å². The number of alkyl halides is 1. The first-order valence-corrected chi connectivity index (χ1v) is 8.86. The highest BCUT2D eigenvalue weighted by Crippen LogP contribution is 2.41. The fourth-order valence-corrected chi connectivity index (χ4v) is 4.63. The van der Waals surface area contributed by atoms with E-state index in [2.05, 4.69) is 41.6 Å². The Labute approximate surface area is 122 Å². The average Bonchev–Trinajstić information content (AvgIpc) is 2.78. The zero-order chi connectivity index (χ0) is 13.2. The van der Waals surface area contributed by atoms with Crippen molar-refractivity contribution in [2.75, 3.05) is 25.0 Å². The number of hydrogen-bond acceptors (Lipinski definition) is 1. The van der Waals surface area contributed by atoms with Crippen LogP contribution in [-0.4, -0.2) is 29.9 Å². The molecule has 1 aliphatic carbocycles. The Hall–Kier alpha value is 0.440. The maximum absolute atomic E-state index is 3.78. The third-order valence-electron chi connectivity index (χ3n) is 5.32. The second-order valence-corrected chi connectivity index (χ2v) is 8.32. The molecule has 0 aromatic heterocycles. The number of halogens is 1. The Morgan fingerprint density at radius 3 is 2.11 bits per heavy atom. The number of nitrogens with zero attached hydrogens (tertiary/aromatic N) is 1. The van der Waals surface area contributed by atoms with E-state index >= 15 is 0 Å². The van der Waals surface area contributed by atoms with Crippen molar-refractivity contribution in [3.63, 3.8) is 0 Å². The van der Waals surface area contributed by atoms with Crippen molar-refractivity contribution < 1.29 is 0 Å². The van der Waals surface area contributed by atoms with Crippen LogP contribution in [0.15, 0.2) is 0 Å².